The summed E-state index contributed by atoms with van der Waals surface area (Å²) in [6, 6.07) is 12.0. The Morgan fingerprint density at radius 1 is 1.06 bits per heavy atom. The van der Waals surface area contributed by atoms with Crippen molar-refractivity contribution in [1.29, 1.82) is 0 Å². The monoisotopic (exact) mass is 462 g/mol. The molecule has 5 nitrogen and oxygen atoms in total. The number of nitrogens with zero attached hydrogens (tertiary/aromatic N) is 4. The van der Waals surface area contributed by atoms with Crippen LogP contribution in [0.1, 0.15) is 47.2 Å². The van der Waals surface area contributed by atoms with Gasteiger partial charge in [-0.25, -0.2) is 0 Å². The van der Waals surface area contributed by atoms with Gasteiger partial charge in [-0.2, -0.15) is 13.2 Å². The Kier molecular flexibility index (Phi) is 6.24. The van der Waals surface area contributed by atoms with Gasteiger partial charge in [-0.1, -0.05) is 35.9 Å². The molecule has 1 saturated heterocycles. The van der Waals surface area contributed by atoms with Crippen LogP contribution in [0.4, 0.5) is 13.2 Å². The van der Waals surface area contributed by atoms with Crippen molar-refractivity contribution in [3.8, 4) is 0 Å². The fraction of sp³-hybridized carbons (Fsp3) is 0.348. The highest BCUT2D eigenvalue weighted by Crippen LogP contribution is 2.33. The van der Waals surface area contributed by atoms with Gasteiger partial charge in [0.15, 0.2) is 5.82 Å². The van der Waals surface area contributed by atoms with Crippen molar-refractivity contribution < 1.29 is 18.0 Å². The summed E-state index contributed by atoms with van der Waals surface area (Å²) in [7, 11) is 0. The van der Waals surface area contributed by atoms with E-state index in [-0.39, 0.29) is 18.4 Å². The maximum absolute atomic E-state index is 13.0. The Bertz CT molecular complexity index is 1090. The van der Waals surface area contributed by atoms with Crippen molar-refractivity contribution in [3.05, 3.63) is 81.9 Å². The summed E-state index contributed by atoms with van der Waals surface area (Å²) in [4.78, 5) is 14.8. The molecule has 0 bridgehead atoms. The molecule has 1 aliphatic rings. The highest BCUT2D eigenvalue weighted by atomic mass is 35.5. The van der Waals surface area contributed by atoms with Crippen molar-refractivity contribution >= 4 is 17.5 Å². The van der Waals surface area contributed by atoms with Crippen LogP contribution in [0.15, 0.2) is 48.5 Å². The molecule has 0 spiro atoms. The van der Waals surface area contributed by atoms with Gasteiger partial charge in [-0.05, 0) is 55.2 Å². The highest BCUT2D eigenvalue weighted by Gasteiger charge is 2.34. The first-order valence-corrected chi connectivity index (χ1v) is 10.7. The average Bonchev–Trinajstić information content (AvgIpc) is 3.36. The average molecular weight is 463 g/mol. The molecule has 4 rings (SSSR count). The number of hydrogen-bond donors (Lipinski definition) is 0. The first-order chi connectivity index (χ1) is 15.2. The first kappa shape index (κ1) is 22.3. The predicted molar refractivity (Wildman–Crippen MR) is 114 cm³/mol. The number of rotatable bonds is 5. The van der Waals surface area contributed by atoms with Gasteiger partial charge in [-0.15, -0.1) is 10.2 Å². The van der Waals surface area contributed by atoms with E-state index in [1.54, 1.807) is 4.90 Å². The SMILES string of the molecule is Cc1nnc(C2CCCN2C(=O)Cc2ccc(C(F)(F)F)cc2)n1Cc1ccc(Cl)cc1. The number of carbonyl (C=O) groups excluding carboxylic acids is 1. The number of benzene rings is 2. The number of alkyl halides is 3. The standard InChI is InChI=1S/C23H22ClF3N4O/c1-15-28-29-22(31(15)14-17-6-10-19(24)11-7-17)20-3-2-12-30(20)21(32)13-16-4-8-18(9-5-16)23(25,26)27/h4-11,20H,2-3,12-14H2,1H3. The van der Waals surface area contributed by atoms with Gasteiger partial charge in [0.1, 0.15) is 5.82 Å². The van der Waals surface area contributed by atoms with Crippen LogP contribution in [0.2, 0.25) is 5.02 Å². The van der Waals surface area contributed by atoms with Crippen molar-refractivity contribution in [2.24, 2.45) is 0 Å². The third kappa shape index (κ3) is 4.80. The second-order valence-electron chi connectivity index (χ2n) is 7.93. The lowest BCUT2D eigenvalue weighted by molar-refractivity contribution is -0.137. The van der Waals surface area contributed by atoms with Crippen molar-refractivity contribution in [1.82, 2.24) is 19.7 Å². The van der Waals surface area contributed by atoms with Gasteiger partial charge >= 0.3 is 6.18 Å². The zero-order valence-electron chi connectivity index (χ0n) is 17.4. The van der Waals surface area contributed by atoms with Gasteiger partial charge in [0.05, 0.1) is 24.6 Å². The van der Waals surface area contributed by atoms with E-state index in [0.29, 0.717) is 23.7 Å². The number of likely N-dealkylation sites (tertiary alicyclic amines) is 1. The summed E-state index contributed by atoms with van der Waals surface area (Å²) >= 11 is 5.98. The Hall–Kier alpha value is -2.87. The summed E-state index contributed by atoms with van der Waals surface area (Å²) < 4.78 is 40.4. The van der Waals surface area contributed by atoms with E-state index in [9.17, 15) is 18.0 Å². The molecule has 9 heteroatoms. The minimum absolute atomic E-state index is 0.0406. The largest absolute Gasteiger partial charge is 0.416 e. The molecule has 0 aliphatic carbocycles. The fourth-order valence-corrected chi connectivity index (χ4v) is 4.16. The number of carbonyl (C=O) groups is 1. The zero-order chi connectivity index (χ0) is 22.9. The Balaban J connectivity index is 1.51. The minimum Gasteiger partial charge on any atom is -0.332 e. The lowest BCUT2D eigenvalue weighted by atomic mass is 10.1. The van der Waals surface area contributed by atoms with Crippen LogP contribution in [0.3, 0.4) is 0 Å². The number of halogens is 4. The zero-order valence-corrected chi connectivity index (χ0v) is 18.2. The molecule has 1 unspecified atom stereocenters. The smallest absolute Gasteiger partial charge is 0.332 e. The van der Waals surface area contributed by atoms with E-state index >= 15 is 0 Å². The summed E-state index contributed by atoms with van der Waals surface area (Å²) in [5.74, 6) is 1.33. The van der Waals surface area contributed by atoms with Crippen molar-refractivity contribution in [2.45, 2.75) is 44.9 Å². The summed E-state index contributed by atoms with van der Waals surface area (Å²) in [6.45, 7) is 3.01. The van der Waals surface area contributed by atoms with Crippen molar-refractivity contribution in [3.63, 3.8) is 0 Å². The third-order valence-corrected chi connectivity index (χ3v) is 5.98. The lowest BCUT2D eigenvalue weighted by Gasteiger charge is -2.25. The molecule has 0 radical (unpaired) electrons. The molecule has 1 amide bonds. The van der Waals surface area contributed by atoms with Gasteiger partial charge in [0.2, 0.25) is 5.91 Å². The number of amides is 1. The molecule has 1 atom stereocenters. The van der Waals surface area contributed by atoms with E-state index in [0.717, 1.165) is 42.2 Å². The molecule has 32 heavy (non-hydrogen) atoms. The van der Waals surface area contributed by atoms with Crippen LogP contribution in [0.25, 0.3) is 0 Å². The molecule has 1 aliphatic heterocycles. The van der Waals surface area contributed by atoms with E-state index in [4.69, 9.17) is 11.6 Å². The summed E-state index contributed by atoms with van der Waals surface area (Å²) in [5, 5.41) is 9.24. The molecule has 3 aromatic rings. The van der Waals surface area contributed by atoms with Gasteiger partial charge in [-0.3, -0.25) is 4.79 Å². The Morgan fingerprint density at radius 2 is 1.72 bits per heavy atom. The predicted octanol–water partition coefficient (Wildman–Crippen LogP) is 5.21. The number of hydrogen-bond acceptors (Lipinski definition) is 3. The molecule has 168 valence electrons. The molecular formula is C23H22ClF3N4O. The van der Waals surface area contributed by atoms with E-state index in [1.165, 1.54) is 12.1 Å². The number of aromatic nitrogens is 3. The molecule has 1 fully saturated rings. The normalized spacial score (nSPS) is 16.5. The lowest BCUT2D eigenvalue weighted by Crippen LogP contribution is -2.33. The van der Waals surface area contributed by atoms with Crippen LogP contribution in [-0.2, 0) is 23.9 Å². The second kappa shape index (κ2) is 8.94. The van der Waals surface area contributed by atoms with Gasteiger partial charge in [0.25, 0.3) is 0 Å². The van der Waals surface area contributed by atoms with Crippen molar-refractivity contribution in [2.75, 3.05) is 6.54 Å². The molecule has 2 heterocycles. The molecule has 1 aromatic heterocycles. The van der Waals surface area contributed by atoms with Crippen LogP contribution < -0.4 is 0 Å². The minimum atomic E-state index is -4.39. The van der Waals surface area contributed by atoms with Crippen LogP contribution in [0.5, 0.6) is 0 Å². The first-order valence-electron chi connectivity index (χ1n) is 10.3. The number of aryl methyl sites for hydroxylation is 1. The van der Waals surface area contributed by atoms with Crippen LogP contribution in [-0.4, -0.2) is 32.1 Å². The maximum Gasteiger partial charge on any atom is 0.416 e. The van der Waals surface area contributed by atoms with E-state index in [1.807, 2.05) is 35.8 Å². The highest BCUT2D eigenvalue weighted by molar-refractivity contribution is 6.30. The Morgan fingerprint density at radius 3 is 2.38 bits per heavy atom. The maximum atomic E-state index is 13.0. The Labute approximate surface area is 188 Å². The van der Waals surface area contributed by atoms with Crippen LogP contribution in [0, 0.1) is 6.92 Å². The van der Waals surface area contributed by atoms with Gasteiger partial charge in [0, 0.05) is 11.6 Å². The molecule has 0 saturated carbocycles. The van der Waals surface area contributed by atoms with E-state index < -0.39 is 11.7 Å². The topological polar surface area (TPSA) is 51.0 Å². The third-order valence-electron chi connectivity index (χ3n) is 5.73. The van der Waals surface area contributed by atoms with E-state index in [2.05, 4.69) is 10.2 Å². The fourth-order valence-electron chi connectivity index (χ4n) is 4.03. The molecule has 0 N–H and O–H groups in total. The second-order valence-corrected chi connectivity index (χ2v) is 8.37. The summed E-state index contributed by atoms with van der Waals surface area (Å²) in [6.07, 6.45) is -2.76. The van der Waals surface area contributed by atoms with Crippen LogP contribution >= 0.6 is 11.6 Å². The molecular weight excluding hydrogens is 441 g/mol. The van der Waals surface area contributed by atoms with Gasteiger partial charge < -0.3 is 9.47 Å². The quantitative estimate of drug-likeness (QED) is 0.523. The molecule has 2 aromatic carbocycles. The summed E-state index contributed by atoms with van der Waals surface area (Å²) in [5.41, 5.74) is 0.866.